The van der Waals surface area contributed by atoms with Crippen molar-refractivity contribution in [2.45, 2.75) is 37.6 Å². The van der Waals surface area contributed by atoms with Gasteiger partial charge in [-0.25, -0.2) is 22.3 Å². The Hall–Kier alpha value is -3.23. The number of fused-ring (bicyclic) bond motifs is 1. The molecule has 4 rings (SSSR count). The Balaban J connectivity index is 1.52. The van der Waals surface area contributed by atoms with Crippen molar-refractivity contribution in [1.29, 1.82) is 0 Å². The van der Waals surface area contributed by atoms with Gasteiger partial charge in [0.05, 0.1) is 4.90 Å². The van der Waals surface area contributed by atoms with Crippen LogP contribution in [0.3, 0.4) is 0 Å². The Morgan fingerprint density at radius 1 is 1.06 bits per heavy atom. The van der Waals surface area contributed by atoms with Crippen molar-refractivity contribution in [3.05, 3.63) is 83.2 Å². The summed E-state index contributed by atoms with van der Waals surface area (Å²) < 4.78 is 39.6. The molecule has 34 heavy (non-hydrogen) atoms. The van der Waals surface area contributed by atoms with Crippen LogP contribution in [0.25, 0.3) is 11.1 Å². The molecule has 178 valence electrons. The maximum atomic E-state index is 13.5. The first-order chi connectivity index (χ1) is 16.0. The number of amides is 2. The third kappa shape index (κ3) is 4.56. The Kier molecular flexibility index (Phi) is 6.22. The number of hydrogen-bond acceptors (Lipinski definition) is 3. The molecule has 3 aromatic carbocycles. The number of carbonyl (C=O) groups is 1. The molecule has 0 spiro atoms. The zero-order chi connectivity index (χ0) is 24.7. The summed E-state index contributed by atoms with van der Waals surface area (Å²) in [6.45, 7) is 6.89. The quantitative estimate of drug-likeness (QED) is 0.554. The summed E-state index contributed by atoms with van der Waals surface area (Å²) in [4.78, 5) is 15.0. The number of nitrogens with one attached hydrogen (secondary N) is 2. The summed E-state index contributed by atoms with van der Waals surface area (Å²) in [6.07, 6.45) is 0. The van der Waals surface area contributed by atoms with E-state index in [1.54, 1.807) is 23.1 Å². The first-order valence-electron chi connectivity index (χ1n) is 11.0. The maximum Gasteiger partial charge on any atom is 0.322 e. The van der Waals surface area contributed by atoms with Gasteiger partial charge in [0, 0.05) is 24.2 Å². The average Bonchev–Trinajstić information content (AvgIpc) is 3.08. The Morgan fingerprint density at radius 3 is 2.41 bits per heavy atom. The van der Waals surface area contributed by atoms with Crippen LogP contribution in [0.2, 0.25) is 0 Å². The van der Waals surface area contributed by atoms with Crippen LogP contribution < -0.4 is 14.9 Å². The van der Waals surface area contributed by atoms with Crippen LogP contribution in [-0.4, -0.2) is 28.0 Å². The normalized spacial score (nSPS) is 14.7. The zero-order valence-corrected chi connectivity index (χ0v) is 20.5. The van der Waals surface area contributed by atoms with Crippen LogP contribution in [0, 0.1) is 12.7 Å². The summed E-state index contributed by atoms with van der Waals surface area (Å²) in [5, 5.41) is 2.93. The van der Waals surface area contributed by atoms with Gasteiger partial charge in [-0.3, -0.25) is 4.90 Å². The molecule has 0 unspecified atom stereocenters. The molecule has 0 fully saturated rings. The fourth-order valence-corrected chi connectivity index (χ4v) is 5.09. The predicted molar refractivity (Wildman–Crippen MR) is 132 cm³/mol. The topological polar surface area (TPSA) is 78.5 Å². The third-order valence-electron chi connectivity index (χ3n) is 6.26. The second kappa shape index (κ2) is 8.85. The number of hydrogen-bond donors (Lipinski definition) is 2. The zero-order valence-electron chi connectivity index (χ0n) is 19.6. The molecule has 0 atom stereocenters. The molecule has 2 N–H and O–H groups in total. The van der Waals surface area contributed by atoms with E-state index in [-0.39, 0.29) is 28.7 Å². The average molecular weight is 482 g/mol. The van der Waals surface area contributed by atoms with Crippen molar-refractivity contribution in [2.24, 2.45) is 0 Å². The third-order valence-corrected chi connectivity index (χ3v) is 7.69. The van der Waals surface area contributed by atoms with Gasteiger partial charge in [-0.1, -0.05) is 38.1 Å². The maximum absolute atomic E-state index is 13.5. The number of urea groups is 1. The monoisotopic (exact) mass is 481 g/mol. The fraction of sp³-hybridized carbons (Fsp3) is 0.269. The Labute approximate surface area is 199 Å². The van der Waals surface area contributed by atoms with E-state index in [0.29, 0.717) is 6.54 Å². The van der Waals surface area contributed by atoms with E-state index in [4.69, 9.17) is 0 Å². The van der Waals surface area contributed by atoms with E-state index >= 15 is 0 Å². The second-order valence-electron chi connectivity index (χ2n) is 9.17. The van der Waals surface area contributed by atoms with Gasteiger partial charge < -0.3 is 5.32 Å². The summed E-state index contributed by atoms with van der Waals surface area (Å²) in [5.41, 5.74) is 5.27. The number of benzene rings is 3. The first kappa shape index (κ1) is 23.9. The molecule has 0 saturated heterocycles. The molecule has 0 saturated carbocycles. The summed E-state index contributed by atoms with van der Waals surface area (Å²) in [7, 11) is -2.13. The van der Waals surface area contributed by atoms with E-state index < -0.39 is 10.0 Å². The van der Waals surface area contributed by atoms with Crippen molar-refractivity contribution in [1.82, 2.24) is 10.0 Å². The molecule has 0 aliphatic carbocycles. The Bertz CT molecular complexity index is 1350. The molecular weight excluding hydrogens is 453 g/mol. The van der Waals surface area contributed by atoms with Crippen molar-refractivity contribution >= 4 is 21.7 Å². The van der Waals surface area contributed by atoms with E-state index in [9.17, 15) is 17.6 Å². The van der Waals surface area contributed by atoms with Crippen molar-refractivity contribution in [3.8, 4) is 11.1 Å². The lowest BCUT2D eigenvalue weighted by Crippen LogP contribution is -2.41. The van der Waals surface area contributed by atoms with Crippen molar-refractivity contribution in [2.75, 3.05) is 18.5 Å². The smallest absolute Gasteiger partial charge is 0.322 e. The number of rotatable bonds is 5. The number of halogens is 1. The van der Waals surface area contributed by atoms with E-state index in [2.05, 4.69) is 30.0 Å². The minimum absolute atomic E-state index is 0.174. The lowest BCUT2D eigenvalue weighted by molar-refractivity contribution is 0.245. The number of anilines is 1. The molecule has 0 bridgehead atoms. The van der Waals surface area contributed by atoms with E-state index in [1.807, 2.05) is 19.1 Å². The molecule has 0 aromatic heterocycles. The highest BCUT2D eigenvalue weighted by Gasteiger charge is 2.38. The summed E-state index contributed by atoms with van der Waals surface area (Å²) in [5.74, 6) is -0.260. The van der Waals surface area contributed by atoms with Crippen molar-refractivity contribution < 1.29 is 17.6 Å². The second-order valence-corrected chi connectivity index (χ2v) is 11.1. The minimum Gasteiger partial charge on any atom is -0.334 e. The molecule has 3 aromatic rings. The number of sulfonamides is 1. The SMILES string of the molecule is CNS(=O)(=O)c1ccc(CNC(=O)N2CC(C)(C)c3cc(-c4ccc(F)cc4C)ccc32)cc1. The number of nitrogens with zero attached hydrogens (tertiary/aromatic N) is 1. The van der Waals surface area contributed by atoms with Crippen LogP contribution in [0.15, 0.2) is 65.6 Å². The van der Waals surface area contributed by atoms with Gasteiger partial charge in [0.15, 0.2) is 0 Å². The highest BCUT2D eigenvalue weighted by atomic mass is 32.2. The van der Waals surface area contributed by atoms with Crippen LogP contribution in [0.5, 0.6) is 0 Å². The Morgan fingerprint density at radius 2 is 1.76 bits per heavy atom. The number of carbonyl (C=O) groups excluding carboxylic acids is 1. The van der Waals surface area contributed by atoms with Crippen molar-refractivity contribution in [3.63, 3.8) is 0 Å². The molecular formula is C26H28FN3O3S. The molecule has 0 radical (unpaired) electrons. The highest BCUT2D eigenvalue weighted by molar-refractivity contribution is 7.89. The largest absolute Gasteiger partial charge is 0.334 e. The van der Waals surface area contributed by atoms with Crippen LogP contribution in [0.1, 0.15) is 30.5 Å². The van der Waals surface area contributed by atoms with Gasteiger partial charge in [-0.15, -0.1) is 0 Å². The summed E-state index contributed by atoms with van der Waals surface area (Å²) in [6, 6.07) is 16.9. The predicted octanol–water partition coefficient (Wildman–Crippen LogP) is 4.72. The molecule has 8 heteroatoms. The van der Waals surface area contributed by atoms with E-state index in [1.165, 1.54) is 31.3 Å². The molecule has 2 amide bonds. The van der Waals surface area contributed by atoms with Gasteiger partial charge >= 0.3 is 6.03 Å². The fourth-order valence-electron chi connectivity index (χ4n) is 4.36. The summed E-state index contributed by atoms with van der Waals surface area (Å²) >= 11 is 0. The highest BCUT2D eigenvalue weighted by Crippen LogP contribution is 2.42. The lowest BCUT2D eigenvalue weighted by Gasteiger charge is -2.21. The van der Waals surface area contributed by atoms with Crippen LogP contribution in [-0.2, 0) is 22.0 Å². The lowest BCUT2D eigenvalue weighted by atomic mass is 9.85. The van der Waals surface area contributed by atoms with Gasteiger partial charge in [0.1, 0.15) is 5.82 Å². The molecule has 6 nitrogen and oxygen atoms in total. The number of aryl methyl sites for hydroxylation is 1. The molecule has 1 aliphatic rings. The van der Waals surface area contributed by atoms with Crippen LogP contribution >= 0.6 is 0 Å². The first-order valence-corrected chi connectivity index (χ1v) is 12.5. The van der Waals surface area contributed by atoms with Crippen LogP contribution in [0.4, 0.5) is 14.9 Å². The van der Waals surface area contributed by atoms with Gasteiger partial charge in [-0.05, 0) is 78.2 Å². The minimum atomic E-state index is -3.50. The van der Waals surface area contributed by atoms with Gasteiger partial charge in [0.25, 0.3) is 0 Å². The standard InChI is InChI=1S/C26H28FN3O3S/c1-17-13-20(27)8-11-22(17)19-7-12-24-23(14-19)26(2,3)16-30(24)25(31)29-15-18-5-9-21(10-6-18)34(32,33)28-4/h5-14,28H,15-16H2,1-4H3,(H,29,31). The van der Waals surface area contributed by atoms with E-state index in [0.717, 1.165) is 33.5 Å². The van der Waals surface area contributed by atoms with Gasteiger partial charge in [0.2, 0.25) is 10.0 Å². The molecule has 1 heterocycles. The molecule has 1 aliphatic heterocycles. The van der Waals surface area contributed by atoms with Gasteiger partial charge in [-0.2, -0.15) is 0 Å².